The van der Waals surface area contributed by atoms with Gasteiger partial charge in [-0.3, -0.25) is 19.3 Å². The molecule has 3 amide bonds. The number of ether oxygens (including phenoxy) is 2. The maximum atomic E-state index is 13.5. The van der Waals surface area contributed by atoms with Crippen LogP contribution in [0.1, 0.15) is 70.7 Å². The Hall–Kier alpha value is -7.48. The lowest BCUT2D eigenvalue weighted by molar-refractivity contribution is -0.149. The fourth-order valence-corrected chi connectivity index (χ4v) is 9.13. The van der Waals surface area contributed by atoms with Crippen LogP contribution in [-0.2, 0) is 41.7 Å². The monoisotopic (exact) mass is 962 g/mol. The van der Waals surface area contributed by atoms with Crippen LogP contribution in [0.3, 0.4) is 0 Å². The molecule has 2 aliphatic rings. The van der Waals surface area contributed by atoms with Gasteiger partial charge in [-0.1, -0.05) is 109 Å². The van der Waals surface area contributed by atoms with Gasteiger partial charge in [-0.2, -0.15) is 0 Å². The van der Waals surface area contributed by atoms with E-state index < -0.39 is 41.7 Å². The zero-order valence-corrected chi connectivity index (χ0v) is 41.7. The predicted molar refractivity (Wildman–Crippen MR) is 280 cm³/mol. The van der Waals surface area contributed by atoms with Crippen LogP contribution in [0.4, 0.5) is 22.0 Å². The van der Waals surface area contributed by atoms with Gasteiger partial charge in [0.1, 0.15) is 30.1 Å². The standard InChI is InChI=1S/C30H35N3O5.C27H32N4O2/c1-21(28(35)37-20-22-11-6-5-7-12-22)31-27(34)26-19-32(17-18-33(26)29(36)38-30(2,3)4)25-16-10-14-23-13-8-9-15-24(23)25;1-18-20(13-15-26(28)29-18)12-14-25(32)19(2)30-27(33)22-9-6-16-31(17-22)24-11-5-8-21-7-3-4-10-23(21)24/h5-16,21,26H,17-20H2,1-4H3,(H,31,34);3-5,7-8,10-11,13,15,19,22H,6,9,12,14,16-17H2,1-2H3,(H2,28,29)(H,30,33)/t21-,26+;19-,22+/m00/s1. The minimum absolute atomic E-state index is 0.0290. The van der Waals surface area contributed by atoms with E-state index >= 15 is 0 Å². The van der Waals surface area contributed by atoms with Crippen molar-refractivity contribution in [2.75, 3.05) is 48.3 Å². The highest BCUT2D eigenvalue weighted by Gasteiger charge is 2.39. The molecule has 0 unspecified atom stereocenters. The lowest BCUT2D eigenvalue weighted by Gasteiger charge is -2.42. The second-order valence-corrected chi connectivity index (χ2v) is 19.4. The second kappa shape index (κ2) is 23.4. The second-order valence-electron chi connectivity index (χ2n) is 19.4. The molecular formula is C57H67N7O7. The number of benzene rings is 5. The van der Waals surface area contributed by atoms with Crippen molar-refractivity contribution in [1.82, 2.24) is 20.5 Å². The van der Waals surface area contributed by atoms with Gasteiger partial charge in [0.05, 0.1) is 12.0 Å². The van der Waals surface area contributed by atoms with Crippen molar-refractivity contribution in [3.05, 3.63) is 144 Å². The lowest BCUT2D eigenvalue weighted by Crippen LogP contribution is -2.62. The first kappa shape index (κ1) is 51.4. The molecule has 4 atom stereocenters. The number of aryl methyl sites for hydroxylation is 2. The maximum absolute atomic E-state index is 13.5. The van der Waals surface area contributed by atoms with Gasteiger partial charge >= 0.3 is 12.1 Å². The molecule has 2 saturated heterocycles. The molecule has 4 N–H and O–H groups in total. The molecule has 0 saturated carbocycles. The maximum Gasteiger partial charge on any atom is 0.411 e. The van der Waals surface area contributed by atoms with E-state index in [0.717, 1.165) is 52.7 Å². The van der Waals surface area contributed by atoms with E-state index in [1.54, 1.807) is 40.7 Å². The van der Waals surface area contributed by atoms with Crippen molar-refractivity contribution < 1.29 is 33.4 Å². The Morgan fingerprint density at radius 1 is 0.704 bits per heavy atom. The van der Waals surface area contributed by atoms with Gasteiger partial charge in [0.25, 0.3) is 0 Å². The molecule has 0 bridgehead atoms. The van der Waals surface area contributed by atoms with Crippen LogP contribution in [0.25, 0.3) is 21.5 Å². The number of ketones is 1. The third-order valence-corrected chi connectivity index (χ3v) is 13.0. The molecule has 71 heavy (non-hydrogen) atoms. The summed E-state index contributed by atoms with van der Waals surface area (Å²) in [7, 11) is 0. The SMILES string of the molecule is C[C@H](NC(=O)[C@H]1CN(c2cccc3ccccc23)CCN1C(=O)OC(C)(C)C)C(=O)OCc1ccccc1.Cc1nc(N)ccc1CCC(=O)[C@H](C)NC(=O)[C@@H]1CCCN(c2cccc3ccccc23)C1. The summed E-state index contributed by atoms with van der Waals surface area (Å²) in [5, 5.41) is 10.3. The van der Waals surface area contributed by atoms with Crippen molar-refractivity contribution in [3.63, 3.8) is 0 Å². The Morgan fingerprint density at radius 2 is 1.30 bits per heavy atom. The minimum atomic E-state index is -0.889. The zero-order chi connectivity index (χ0) is 50.7. The molecule has 2 fully saturated rings. The number of Topliss-reactive ketones (excluding diaryl/α,β-unsaturated/α-hetero) is 1. The van der Waals surface area contributed by atoms with Crippen LogP contribution in [-0.4, -0.2) is 96.0 Å². The number of amides is 3. The van der Waals surface area contributed by atoms with Crippen LogP contribution in [0.5, 0.6) is 0 Å². The van der Waals surface area contributed by atoms with Crippen molar-refractivity contribution in [2.45, 2.75) is 97.6 Å². The molecule has 6 aromatic rings. The predicted octanol–water partition coefficient (Wildman–Crippen LogP) is 8.56. The molecule has 0 spiro atoms. The van der Waals surface area contributed by atoms with E-state index in [-0.39, 0.29) is 30.8 Å². The van der Waals surface area contributed by atoms with Crippen molar-refractivity contribution >= 4 is 68.4 Å². The van der Waals surface area contributed by atoms with Crippen molar-refractivity contribution in [1.29, 1.82) is 0 Å². The summed E-state index contributed by atoms with van der Waals surface area (Å²) in [4.78, 5) is 75.0. The Kier molecular flexibility index (Phi) is 16.9. The van der Waals surface area contributed by atoms with E-state index in [0.29, 0.717) is 38.3 Å². The molecule has 2 aliphatic heterocycles. The van der Waals surface area contributed by atoms with Crippen LogP contribution in [0.2, 0.25) is 0 Å². The van der Waals surface area contributed by atoms with Gasteiger partial charge in [-0.05, 0) is 101 Å². The van der Waals surface area contributed by atoms with Crippen molar-refractivity contribution in [3.8, 4) is 0 Å². The van der Waals surface area contributed by atoms with Gasteiger partial charge in [0.15, 0.2) is 5.78 Å². The van der Waals surface area contributed by atoms with E-state index in [9.17, 15) is 24.0 Å². The van der Waals surface area contributed by atoms with E-state index in [2.05, 4.69) is 61.8 Å². The van der Waals surface area contributed by atoms with Gasteiger partial charge in [-0.25, -0.2) is 14.6 Å². The zero-order valence-electron chi connectivity index (χ0n) is 41.7. The number of nitrogens with two attached hydrogens (primary N) is 1. The molecule has 5 aromatic carbocycles. The highest BCUT2D eigenvalue weighted by Crippen LogP contribution is 2.32. The molecule has 14 heteroatoms. The molecule has 372 valence electrons. The molecule has 1 aromatic heterocycles. The average Bonchev–Trinajstić information content (AvgIpc) is 3.37. The summed E-state index contributed by atoms with van der Waals surface area (Å²) in [5.41, 5.74) is 9.85. The van der Waals surface area contributed by atoms with Gasteiger partial charge < -0.3 is 35.6 Å². The number of pyridine rings is 1. The highest BCUT2D eigenvalue weighted by molar-refractivity contribution is 5.97. The third kappa shape index (κ3) is 13.7. The van der Waals surface area contributed by atoms with E-state index in [1.807, 2.05) is 91.9 Å². The topological polar surface area (TPSA) is 177 Å². The fourth-order valence-electron chi connectivity index (χ4n) is 9.13. The molecule has 0 aliphatic carbocycles. The summed E-state index contributed by atoms with van der Waals surface area (Å²) < 4.78 is 11.0. The van der Waals surface area contributed by atoms with E-state index in [4.69, 9.17) is 15.2 Å². The number of fused-ring (bicyclic) bond motifs is 2. The number of nitrogens with zero attached hydrogens (tertiary/aromatic N) is 4. The Balaban J connectivity index is 0.000000211. The lowest BCUT2D eigenvalue weighted by atomic mass is 9.95. The number of anilines is 3. The smallest absolute Gasteiger partial charge is 0.411 e. The van der Waals surface area contributed by atoms with Gasteiger partial charge in [0, 0.05) is 67.0 Å². The molecule has 14 nitrogen and oxygen atoms in total. The van der Waals surface area contributed by atoms with Crippen molar-refractivity contribution in [2.24, 2.45) is 5.92 Å². The first-order valence-corrected chi connectivity index (χ1v) is 24.6. The highest BCUT2D eigenvalue weighted by atomic mass is 16.6. The van der Waals surface area contributed by atoms with Gasteiger partial charge in [-0.15, -0.1) is 0 Å². The first-order valence-electron chi connectivity index (χ1n) is 24.6. The number of carbonyl (C=O) groups is 5. The average molecular weight is 962 g/mol. The number of hydrogen-bond donors (Lipinski definition) is 3. The van der Waals surface area contributed by atoms with Crippen LogP contribution >= 0.6 is 0 Å². The molecule has 8 rings (SSSR count). The number of piperazine rings is 1. The summed E-state index contributed by atoms with van der Waals surface area (Å²) in [6, 6.07) is 39.5. The Labute approximate surface area is 416 Å². The third-order valence-electron chi connectivity index (χ3n) is 13.0. The summed E-state index contributed by atoms with van der Waals surface area (Å²) >= 11 is 0. The van der Waals surface area contributed by atoms with Crippen LogP contribution < -0.4 is 26.2 Å². The van der Waals surface area contributed by atoms with Crippen LogP contribution in [0, 0.1) is 12.8 Å². The molecular weight excluding hydrogens is 895 g/mol. The number of rotatable bonds is 13. The number of carbonyl (C=O) groups excluding carboxylic acids is 5. The minimum Gasteiger partial charge on any atom is -0.459 e. The quantitative estimate of drug-likeness (QED) is 0.0946. The van der Waals surface area contributed by atoms with Crippen LogP contribution in [0.15, 0.2) is 127 Å². The van der Waals surface area contributed by atoms with Gasteiger partial charge in [0.2, 0.25) is 11.8 Å². The largest absolute Gasteiger partial charge is 0.459 e. The number of hydrogen-bond acceptors (Lipinski definition) is 11. The van der Waals surface area contributed by atoms with E-state index in [1.165, 1.54) is 21.4 Å². The number of nitrogens with one attached hydrogen (secondary N) is 2. The normalized spacial score (nSPS) is 16.8. The number of aromatic nitrogens is 1. The molecule has 0 radical (unpaired) electrons. The first-order chi connectivity index (χ1) is 34.0. The number of piperidine rings is 1. The number of esters is 1. The Morgan fingerprint density at radius 3 is 1.93 bits per heavy atom. The summed E-state index contributed by atoms with van der Waals surface area (Å²) in [6.07, 6.45) is 2.18. The Bertz CT molecular complexity index is 2820. The number of nitrogen functional groups attached to an aromatic ring is 1. The fraction of sp³-hybridized carbons (Fsp3) is 0.368. The summed E-state index contributed by atoms with van der Waals surface area (Å²) in [5.74, 6) is -0.644. The molecule has 3 heterocycles. The summed E-state index contributed by atoms with van der Waals surface area (Å²) in [6.45, 7) is 13.4.